The summed E-state index contributed by atoms with van der Waals surface area (Å²) in [7, 11) is 3.87. The molecule has 0 aliphatic carbocycles. The van der Waals surface area contributed by atoms with E-state index in [1.165, 1.54) is 12.8 Å². The first-order valence-corrected chi connectivity index (χ1v) is 5.93. The number of unbranched alkanes of at least 4 members (excludes halogenated alkanes) is 1. The van der Waals surface area contributed by atoms with E-state index in [1.807, 2.05) is 14.1 Å². The fourth-order valence-electron chi connectivity index (χ4n) is 1.49. The van der Waals surface area contributed by atoms with Gasteiger partial charge in [-0.1, -0.05) is 13.3 Å². The first kappa shape index (κ1) is 13.3. The van der Waals surface area contributed by atoms with Crippen molar-refractivity contribution in [3.05, 3.63) is 10.6 Å². The minimum absolute atomic E-state index is 0.0776. The molecule has 0 fully saturated rings. The Bertz CT molecular complexity index is 385. The monoisotopic (exact) mass is 244 g/mol. The maximum absolute atomic E-state index is 9.08. The molecule has 92 valence electrons. The molecule has 0 unspecified atom stereocenters. The molecular weight excluding hydrogens is 224 g/mol. The van der Waals surface area contributed by atoms with Gasteiger partial charge in [0.25, 0.3) is 0 Å². The molecule has 1 aromatic heterocycles. The molecule has 0 aromatic carbocycles. The lowest BCUT2D eigenvalue weighted by Gasteiger charge is -2.15. The molecule has 0 saturated carbocycles. The van der Waals surface area contributed by atoms with Gasteiger partial charge < -0.3 is 9.67 Å². The van der Waals surface area contributed by atoms with E-state index in [4.69, 9.17) is 17.3 Å². The summed E-state index contributed by atoms with van der Waals surface area (Å²) in [6, 6.07) is 0. The summed E-state index contributed by atoms with van der Waals surface area (Å²) in [5.74, 6) is 0.605. The van der Waals surface area contributed by atoms with Gasteiger partial charge in [-0.3, -0.25) is 4.90 Å². The van der Waals surface area contributed by atoms with Gasteiger partial charge in [0, 0.05) is 7.05 Å². The Morgan fingerprint density at radius 2 is 2.19 bits per heavy atom. The van der Waals surface area contributed by atoms with Gasteiger partial charge in [-0.05, 0) is 32.2 Å². The van der Waals surface area contributed by atoms with Crippen molar-refractivity contribution in [3.8, 4) is 0 Å². The van der Waals surface area contributed by atoms with E-state index in [2.05, 4.69) is 16.9 Å². The van der Waals surface area contributed by atoms with Crippen LogP contribution in [0.15, 0.2) is 0 Å². The second-order valence-corrected chi connectivity index (χ2v) is 4.36. The second kappa shape index (κ2) is 6.12. The van der Waals surface area contributed by atoms with Crippen molar-refractivity contribution >= 4 is 12.2 Å². The second-order valence-electron chi connectivity index (χ2n) is 3.99. The summed E-state index contributed by atoms with van der Waals surface area (Å²) in [4.78, 5) is 2.17. The van der Waals surface area contributed by atoms with Crippen LogP contribution in [0.25, 0.3) is 0 Å². The smallest absolute Gasteiger partial charge is 0.198 e. The van der Waals surface area contributed by atoms with E-state index in [0.717, 1.165) is 6.54 Å². The molecule has 0 amide bonds. The summed E-state index contributed by atoms with van der Waals surface area (Å²) in [5.41, 5.74) is 0. The highest BCUT2D eigenvalue weighted by Crippen LogP contribution is 2.01. The van der Waals surface area contributed by atoms with Crippen molar-refractivity contribution in [1.29, 1.82) is 0 Å². The average Bonchev–Trinajstić information content (AvgIpc) is 2.54. The van der Waals surface area contributed by atoms with Crippen LogP contribution in [0.4, 0.5) is 0 Å². The molecule has 1 aromatic rings. The van der Waals surface area contributed by atoms with E-state index in [-0.39, 0.29) is 6.61 Å². The standard InChI is InChI=1S/C10H20N4OS/c1-4-5-6-12(2)8-14-10(16)13(3)9(7-15)11-14/h15H,4-8H2,1-3H3. The molecule has 1 heterocycles. The first-order valence-electron chi connectivity index (χ1n) is 5.52. The van der Waals surface area contributed by atoms with Gasteiger partial charge >= 0.3 is 0 Å². The van der Waals surface area contributed by atoms with Gasteiger partial charge in [0.2, 0.25) is 0 Å². The van der Waals surface area contributed by atoms with Gasteiger partial charge in [-0.15, -0.1) is 0 Å². The lowest BCUT2D eigenvalue weighted by molar-refractivity contribution is 0.242. The molecule has 6 heteroatoms. The fraction of sp³-hybridized carbons (Fsp3) is 0.800. The van der Waals surface area contributed by atoms with Crippen molar-refractivity contribution in [2.45, 2.75) is 33.0 Å². The van der Waals surface area contributed by atoms with Crippen LogP contribution < -0.4 is 0 Å². The van der Waals surface area contributed by atoms with Crippen molar-refractivity contribution in [1.82, 2.24) is 19.2 Å². The molecular formula is C10H20N4OS. The summed E-state index contributed by atoms with van der Waals surface area (Å²) in [6.07, 6.45) is 2.35. The average molecular weight is 244 g/mol. The summed E-state index contributed by atoms with van der Waals surface area (Å²) >= 11 is 5.24. The number of rotatable bonds is 6. The maximum atomic E-state index is 9.08. The van der Waals surface area contributed by atoms with E-state index in [1.54, 1.807) is 9.25 Å². The molecule has 0 spiro atoms. The summed E-state index contributed by atoms with van der Waals surface area (Å²) in [6.45, 7) is 3.80. The number of hydrogen-bond donors (Lipinski definition) is 1. The Morgan fingerprint density at radius 3 is 2.69 bits per heavy atom. The van der Waals surface area contributed by atoms with Crippen LogP contribution in [-0.4, -0.2) is 37.9 Å². The molecule has 0 aliphatic heterocycles. The molecule has 5 nitrogen and oxygen atoms in total. The van der Waals surface area contributed by atoms with Crippen molar-refractivity contribution in [2.75, 3.05) is 13.6 Å². The fourth-order valence-corrected chi connectivity index (χ4v) is 1.69. The Labute approximate surface area is 101 Å². The lowest BCUT2D eigenvalue weighted by Crippen LogP contribution is -2.24. The normalized spacial score (nSPS) is 11.3. The zero-order chi connectivity index (χ0) is 12.1. The van der Waals surface area contributed by atoms with Gasteiger partial charge in [0.15, 0.2) is 10.6 Å². The van der Waals surface area contributed by atoms with Crippen molar-refractivity contribution in [2.24, 2.45) is 7.05 Å². The van der Waals surface area contributed by atoms with Gasteiger partial charge in [0.1, 0.15) is 6.61 Å². The number of hydrogen-bond acceptors (Lipinski definition) is 4. The summed E-state index contributed by atoms with van der Waals surface area (Å²) in [5, 5.41) is 13.3. The minimum atomic E-state index is -0.0776. The predicted octanol–water partition coefficient (Wildman–Crippen LogP) is 1.13. The topological polar surface area (TPSA) is 46.2 Å². The van der Waals surface area contributed by atoms with Crippen molar-refractivity contribution in [3.63, 3.8) is 0 Å². The first-order chi connectivity index (χ1) is 7.60. The van der Waals surface area contributed by atoms with E-state index >= 15 is 0 Å². The third-order valence-electron chi connectivity index (χ3n) is 2.54. The Kier molecular flexibility index (Phi) is 5.11. The largest absolute Gasteiger partial charge is 0.388 e. The zero-order valence-electron chi connectivity index (χ0n) is 10.2. The van der Waals surface area contributed by atoms with E-state index in [0.29, 0.717) is 17.3 Å². The highest BCUT2D eigenvalue weighted by Gasteiger charge is 2.07. The number of aliphatic hydroxyl groups is 1. The molecule has 16 heavy (non-hydrogen) atoms. The molecule has 1 N–H and O–H groups in total. The third-order valence-corrected chi connectivity index (χ3v) is 3.03. The van der Waals surface area contributed by atoms with E-state index < -0.39 is 0 Å². The van der Waals surface area contributed by atoms with Crippen LogP contribution in [0.2, 0.25) is 0 Å². The number of aliphatic hydroxyl groups excluding tert-OH is 1. The number of aromatic nitrogens is 3. The lowest BCUT2D eigenvalue weighted by atomic mass is 10.3. The Morgan fingerprint density at radius 1 is 1.50 bits per heavy atom. The van der Waals surface area contributed by atoms with Crippen LogP contribution in [-0.2, 0) is 20.3 Å². The van der Waals surface area contributed by atoms with Crippen LogP contribution in [0.3, 0.4) is 0 Å². The zero-order valence-corrected chi connectivity index (χ0v) is 11.0. The highest BCUT2D eigenvalue weighted by atomic mass is 32.1. The molecule has 0 radical (unpaired) electrons. The van der Waals surface area contributed by atoms with Crippen molar-refractivity contribution < 1.29 is 5.11 Å². The predicted molar refractivity (Wildman–Crippen MR) is 65.5 cm³/mol. The maximum Gasteiger partial charge on any atom is 0.198 e. The van der Waals surface area contributed by atoms with Crippen LogP contribution in [0.1, 0.15) is 25.6 Å². The quantitative estimate of drug-likeness (QED) is 0.762. The van der Waals surface area contributed by atoms with Gasteiger partial charge in [-0.25, -0.2) is 4.68 Å². The third kappa shape index (κ3) is 3.13. The Hall–Kier alpha value is -0.720. The molecule has 0 bridgehead atoms. The van der Waals surface area contributed by atoms with E-state index in [9.17, 15) is 0 Å². The molecule has 0 atom stereocenters. The molecule has 1 rings (SSSR count). The van der Waals surface area contributed by atoms with Crippen LogP contribution in [0.5, 0.6) is 0 Å². The number of nitrogens with zero attached hydrogens (tertiary/aromatic N) is 4. The molecule has 0 aliphatic rings. The van der Waals surface area contributed by atoms with Crippen LogP contribution in [0, 0.1) is 4.77 Å². The van der Waals surface area contributed by atoms with Crippen LogP contribution >= 0.6 is 12.2 Å². The highest BCUT2D eigenvalue weighted by molar-refractivity contribution is 7.71. The summed E-state index contributed by atoms with van der Waals surface area (Å²) < 4.78 is 4.13. The SMILES string of the molecule is CCCCN(C)Cn1nc(CO)n(C)c1=S. The molecule has 0 saturated heterocycles. The van der Waals surface area contributed by atoms with Gasteiger partial charge in [-0.2, -0.15) is 5.10 Å². The Balaban J connectivity index is 2.70. The minimum Gasteiger partial charge on any atom is -0.388 e. The van der Waals surface area contributed by atoms with Gasteiger partial charge in [0.05, 0.1) is 6.67 Å².